The van der Waals surface area contributed by atoms with Crippen LogP contribution in [0.5, 0.6) is 0 Å². The van der Waals surface area contributed by atoms with Gasteiger partial charge < -0.3 is 17.7 Å². The van der Waals surface area contributed by atoms with E-state index in [1.807, 2.05) is 122 Å². The lowest BCUT2D eigenvalue weighted by atomic mass is 9.99. The SMILES string of the molecule is CC(C)c1ccc(-c2cccc3c2oc2cccnc23)nc1.CC(C)c1ccc(-c2cccc3c2oc2ccncc23)nc1.CC(C)c1ccc(-c2cncc3c2oc2ccccc23)cc1.CC(C)c1ccc(-c2cncc3c2oc2ccccc23)cc1. The maximum atomic E-state index is 6.08. The zero-order valence-corrected chi connectivity index (χ0v) is 50.6. The number of rotatable bonds is 8. The van der Waals surface area contributed by atoms with Crippen LogP contribution in [-0.2, 0) is 0 Å². The van der Waals surface area contributed by atoms with Gasteiger partial charge in [0.05, 0.1) is 11.4 Å². The normalized spacial score (nSPS) is 11.6. The summed E-state index contributed by atoms with van der Waals surface area (Å²) < 4.78 is 24.2. The van der Waals surface area contributed by atoms with Gasteiger partial charge >= 0.3 is 0 Å². The van der Waals surface area contributed by atoms with E-state index in [1.165, 1.54) is 22.3 Å². The van der Waals surface area contributed by atoms with E-state index in [0.29, 0.717) is 23.7 Å². The van der Waals surface area contributed by atoms with E-state index in [4.69, 9.17) is 17.7 Å². The van der Waals surface area contributed by atoms with E-state index < -0.39 is 0 Å². The highest BCUT2D eigenvalue weighted by Crippen LogP contribution is 2.39. The van der Waals surface area contributed by atoms with Crippen LogP contribution in [0.15, 0.2) is 249 Å². The van der Waals surface area contributed by atoms with Gasteiger partial charge in [-0.15, -0.1) is 0 Å². The van der Waals surface area contributed by atoms with Gasteiger partial charge in [-0.25, -0.2) is 0 Å². The van der Waals surface area contributed by atoms with Crippen molar-refractivity contribution >= 4 is 87.9 Å². The minimum absolute atomic E-state index is 0.479. The van der Waals surface area contributed by atoms with Crippen LogP contribution in [0.3, 0.4) is 0 Å². The molecule has 10 nitrogen and oxygen atoms in total. The van der Waals surface area contributed by atoms with Gasteiger partial charge in [-0.3, -0.25) is 29.9 Å². The van der Waals surface area contributed by atoms with Crippen LogP contribution in [-0.4, -0.2) is 29.9 Å². The molecule has 16 aromatic rings. The number of pyridine rings is 6. The molecule has 0 bridgehead atoms. The van der Waals surface area contributed by atoms with Crippen molar-refractivity contribution in [3.63, 3.8) is 0 Å². The smallest absolute Gasteiger partial charge is 0.153 e. The number of para-hydroxylation sites is 4. The lowest BCUT2D eigenvalue weighted by Crippen LogP contribution is -1.90. The maximum absolute atomic E-state index is 6.08. The molecule has 0 spiro atoms. The fraction of sp³-hybridized carbons (Fsp3) is 0.154. The van der Waals surface area contributed by atoms with Crippen molar-refractivity contribution in [2.45, 2.75) is 79.1 Å². The highest BCUT2D eigenvalue weighted by atomic mass is 16.3. The topological polar surface area (TPSA) is 130 Å². The first-order valence-corrected chi connectivity index (χ1v) is 30.1. The van der Waals surface area contributed by atoms with Gasteiger partial charge in [0.15, 0.2) is 5.58 Å². The Labute approximate surface area is 510 Å². The molecular formula is C78H66N6O4. The van der Waals surface area contributed by atoms with Crippen molar-refractivity contribution in [3.8, 4) is 44.8 Å². The molecule has 0 fully saturated rings. The highest BCUT2D eigenvalue weighted by Gasteiger charge is 2.18. The number of nitrogens with zero attached hydrogens (tertiary/aromatic N) is 6. The molecular weight excluding hydrogens is 1080 g/mol. The van der Waals surface area contributed by atoms with Crippen molar-refractivity contribution < 1.29 is 17.7 Å². The molecule has 16 rings (SSSR count). The average Bonchev–Trinajstić information content (AvgIpc) is 3.08. The van der Waals surface area contributed by atoms with E-state index in [-0.39, 0.29) is 0 Å². The van der Waals surface area contributed by atoms with E-state index in [0.717, 1.165) is 133 Å². The van der Waals surface area contributed by atoms with Crippen LogP contribution in [0.25, 0.3) is 133 Å². The molecule has 10 aromatic heterocycles. The molecule has 0 saturated carbocycles. The van der Waals surface area contributed by atoms with Crippen molar-refractivity contribution in [3.05, 3.63) is 254 Å². The molecule has 0 aliphatic heterocycles. The summed E-state index contributed by atoms with van der Waals surface area (Å²) in [6.45, 7) is 17.5. The third kappa shape index (κ3) is 11.2. The minimum Gasteiger partial charge on any atom is -0.455 e. The molecule has 10 heteroatoms. The van der Waals surface area contributed by atoms with Gasteiger partial charge in [0.2, 0.25) is 0 Å². The average molecular weight is 1150 g/mol. The van der Waals surface area contributed by atoms with Gasteiger partial charge in [0.25, 0.3) is 0 Å². The van der Waals surface area contributed by atoms with Gasteiger partial charge in [-0.1, -0.05) is 171 Å². The number of fused-ring (bicyclic) bond motifs is 12. The fourth-order valence-electron chi connectivity index (χ4n) is 11.3. The Bertz CT molecular complexity index is 4450. The van der Waals surface area contributed by atoms with Gasteiger partial charge in [0, 0.05) is 116 Å². The van der Waals surface area contributed by atoms with Crippen LogP contribution >= 0.6 is 0 Å². The highest BCUT2D eigenvalue weighted by molar-refractivity contribution is 6.11. The summed E-state index contributed by atoms with van der Waals surface area (Å²) in [5.41, 5.74) is 21.3. The van der Waals surface area contributed by atoms with Crippen LogP contribution in [0.4, 0.5) is 0 Å². The van der Waals surface area contributed by atoms with E-state index in [2.05, 4.69) is 182 Å². The maximum Gasteiger partial charge on any atom is 0.153 e. The third-order valence-corrected chi connectivity index (χ3v) is 16.4. The van der Waals surface area contributed by atoms with Crippen LogP contribution in [0.2, 0.25) is 0 Å². The zero-order chi connectivity index (χ0) is 60.4. The lowest BCUT2D eigenvalue weighted by Gasteiger charge is -2.07. The summed E-state index contributed by atoms with van der Waals surface area (Å²) in [7, 11) is 0. The van der Waals surface area contributed by atoms with Gasteiger partial charge in [-0.2, -0.15) is 0 Å². The van der Waals surface area contributed by atoms with Crippen molar-refractivity contribution in [1.29, 1.82) is 0 Å². The molecule has 0 aliphatic rings. The molecule has 432 valence electrons. The van der Waals surface area contributed by atoms with Crippen LogP contribution in [0.1, 0.15) is 101 Å². The standard InChI is InChI=1S/2C20H17NO.2C19H16N2O/c2*1-13(2)14-7-9-15(10-8-14)17-11-21-12-18-16-5-3-4-6-19(16)22-20(17)18;1-12(2)13-8-9-16(21-11-13)14-5-3-6-15-18-17(22-19(14)15)7-4-10-20-18;1-12(2)13-6-7-17(21-10-13)15-5-3-4-14-16-11-20-9-8-18(16)22-19(14)15/h2*3-13H,1-2H3;2*3-12H,1-2H3. The summed E-state index contributed by atoms with van der Waals surface area (Å²) in [5.74, 6) is 2.03. The number of furan rings is 4. The summed E-state index contributed by atoms with van der Waals surface area (Å²) >= 11 is 0. The summed E-state index contributed by atoms with van der Waals surface area (Å²) in [6, 6.07) is 59.9. The first-order chi connectivity index (χ1) is 42.9. The molecule has 6 aromatic carbocycles. The molecule has 0 saturated heterocycles. The molecule has 0 radical (unpaired) electrons. The van der Waals surface area contributed by atoms with E-state index in [1.54, 1.807) is 12.4 Å². The van der Waals surface area contributed by atoms with Crippen molar-refractivity contribution in [2.75, 3.05) is 0 Å². The Kier molecular flexibility index (Phi) is 15.7. The quantitative estimate of drug-likeness (QED) is 0.145. The molecule has 10 heterocycles. The van der Waals surface area contributed by atoms with E-state index >= 15 is 0 Å². The molecule has 88 heavy (non-hydrogen) atoms. The first-order valence-electron chi connectivity index (χ1n) is 30.1. The predicted molar refractivity (Wildman–Crippen MR) is 360 cm³/mol. The summed E-state index contributed by atoms with van der Waals surface area (Å²) in [6.07, 6.45) is 16.8. The lowest BCUT2D eigenvalue weighted by molar-refractivity contribution is 0.668. The molecule has 0 aliphatic carbocycles. The zero-order valence-electron chi connectivity index (χ0n) is 50.6. The molecule has 0 N–H and O–H groups in total. The van der Waals surface area contributed by atoms with Crippen LogP contribution < -0.4 is 0 Å². The van der Waals surface area contributed by atoms with E-state index in [9.17, 15) is 0 Å². The Morgan fingerprint density at radius 3 is 1.16 bits per heavy atom. The molecule has 0 amide bonds. The molecule has 0 atom stereocenters. The fourth-order valence-corrected chi connectivity index (χ4v) is 11.3. The molecule has 0 unspecified atom stereocenters. The second kappa shape index (κ2) is 24.4. The van der Waals surface area contributed by atoms with Crippen LogP contribution in [0, 0.1) is 0 Å². The number of hydrogen-bond acceptors (Lipinski definition) is 10. The van der Waals surface area contributed by atoms with Gasteiger partial charge in [-0.05, 0) is 118 Å². The largest absolute Gasteiger partial charge is 0.455 e. The second-order valence-corrected chi connectivity index (χ2v) is 23.4. The predicted octanol–water partition coefficient (Wildman–Crippen LogP) is 21.9. The van der Waals surface area contributed by atoms with Gasteiger partial charge in [0.1, 0.15) is 44.6 Å². The number of hydrogen-bond donors (Lipinski definition) is 0. The first kappa shape index (κ1) is 56.5. The second-order valence-electron chi connectivity index (χ2n) is 23.4. The third-order valence-electron chi connectivity index (χ3n) is 16.4. The summed E-state index contributed by atoms with van der Waals surface area (Å²) in [5, 5.41) is 7.52. The monoisotopic (exact) mass is 1150 g/mol. The Balaban J connectivity index is 0.000000108. The summed E-state index contributed by atoms with van der Waals surface area (Å²) in [4.78, 5) is 26.7. The Morgan fingerprint density at radius 2 is 0.670 bits per heavy atom. The van der Waals surface area contributed by atoms with Crippen molar-refractivity contribution in [2.24, 2.45) is 0 Å². The Hall–Kier alpha value is -10.6. The number of benzene rings is 6. The number of aromatic nitrogens is 6. The van der Waals surface area contributed by atoms with Crippen molar-refractivity contribution in [1.82, 2.24) is 29.9 Å². The Morgan fingerprint density at radius 1 is 0.261 bits per heavy atom. The minimum atomic E-state index is 0.479.